The average Bonchev–Trinajstić information content (AvgIpc) is 2.48. The molecule has 23 heavy (non-hydrogen) atoms. The van der Waals surface area contributed by atoms with Gasteiger partial charge < -0.3 is 9.47 Å². The molecule has 0 aromatic heterocycles. The second-order valence-corrected chi connectivity index (χ2v) is 6.44. The Kier molecular flexibility index (Phi) is 15.1. The molecular formula is C19H36O4. The van der Waals surface area contributed by atoms with Crippen LogP contribution >= 0.6 is 0 Å². The van der Waals surface area contributed by atoms with Crippen LogP contribution in [0, 0.1) is 0 Å². The molecule has 0 N–H and O–H groups in total. The summed E-state index contributed by atoms with van der Waals surface area (Å²) in [4.78, 5) is 22.8. The van der Waals surface area contributed by atoms with E-state index in [9.17, 15) is 9.59 Å². The van der Waals surface area contributed by atoms with Crippen LogP contribution in [0.5, 0.6) is 0 Å². The number of esters is 2. The lowest BCUT2D eigenvalue weighted by molar-refractivity contribution is -0.148. The monoisotopic (exact) mass is 328 g/mol. The van der Waals surface area contributed by atoms with Gasteiger partial charge in [-0.1, -0.05) is 58.3 Å². The first-order valence-corrected chi connectivity index (χ1v) is 9.41. The minimum Gasteiger partial charge on any atom is -0.466 e. The largest absolute Gasteiger partial charge is 0.466 e. The first kappa shape index (κ1) is 21.9. The molecule has 0 saturated heterocycles. The number of carbonyl (C=O) groups excluding carboxylic acids is 2. The normalized spacial score (nSPS) is 10.8. The fraction of sp³-hybridized carbons (Fsp3) is 0.895. The predicted octanol–water partition coefficient (Wildman–Crippen LogP) is 5.18. The molecule has 0 rings (SSSR count). The van der Waals surface area contributed by atoms with Crippen molar-refractivity contribution in [3.8, 4) is 0 Å². The Hall–Kier alpha value is -1.06. The van der Waals surface area contributed by atoms with Gasteiger partial charge in [-0.25, -0.2) is 0 Å². The van der Waals surface area contributed by atoms with E-state index in [1.165, 1.54) is 44.9 Å². The molecule has 0 saturated carbocycles. The van der Waals surface area contributed by atoms with Crippen LogP contribution in [0.25, 0.3) is 0 Å². The van der Waals surface area contributed by atoms with Crippen LogP contribution in [0.4, 0.5) is 0 Å². The van der Waals surface area contributed by atoms with E-state index in [4.69, 9.17) is 9.47 Å². The first-order chi connectivity index (χ1) is 11.1. The highest BCUT2D eigenvalue weighted by Crippen LogP contribution is 2.10. The van der Waals surface area contributed by atoms with Crippen LogP contribution in [0.1, 0.15) is 97.8 Å². The molecule has 136 valence electrons. The number of hydrogen-bond donors (Lipinski definition) is 0. The molecule has 0 bridgehead atoms. The van der Waals surface area contributed by atoms with E-state index in [0.29, 0.717) is 19.4 Å². The van der Waals surface area contributed by atoms with E-state index < -0.39 is 0 Å². The van der Waals surface area contributed by atoms with Gasteiger partial charge in [0.2, 0.25) is 0 Å². The van der Waals surface area contributed by atoms with Crippen LogP contribution in [-0.4, -0.2) is 24.6 Å². The van der Waals surface area contributed by atoms with E-state index in [2.05, 4.69) is 6.92 Å². The standard InChI is InChI=1S/C19H36O4/c1-4-5-6-7-8-9-10-11-12-16-22-18(20)14-13-15-19(21)23-17(2)3/h17H,4-16H2,1-3H3. The summed E-state index contributed by atoms with van der Waals surface area (Å²) in [7, 11) is 0. The van der Waals surface area contributed by atoms with Gasteiger partial charge in [0.25, 0.3) is 0 Å². The van der Waals surface area contributed by atoms with Crippen LogP contribution < -0.4 is 0 Å². The van der Waals surface area contributed by atoms with Crippen molar-refractivity contribution in [2.45, 2.75) is 104 Å². The molecule has 0 aliphatic rings. The molecular weight excluding hydrogens is 292 g/mol. The van der Waals surface area contributed by atoms with Gasteiger partial charge in [0, 0.05) is 12.8 Å². The topological polar surface area (TPSA) is 52.6 Å². The van der Waals surface area contributed by atoms with Gasteiger partial charge in [-0.05, 0) is 26.7 Å². The number of carbonyl (C=O) groups is 2. The van der Waals surface area contributed by atoms with Crippen LogP contribution in [-0.2, 0) is 19.1 Å². The molecule has 4 nitrogen and oxygen atoms in total. The summed E-state index contributed by atoms with van der Waals surface area (Å²) >= 11 is 0. The van der Waals surface area contributed by atoms with Crippen LogP contribution in [0.15, 0.2) is 0 Å². The molecule has 4 heteroatoms. The fourth-order valence-corrected chi connectivity index (χ4v) is 2.37. The third-order valence-electron chi connectivity index (χ3n) is 3.64. The Balaban J connectivity index is 3.29. The van der Waals surface area contributed by atoms with E-state index in [1.54, 1.807) is 0 Å². The zero-order chi connectivity index (χ0) is 17.3. The van der Waals surface area contributed by atoms with Crippen molar-refractivity contribution in [1.29, 1.82) is 0 Å². The molecule has 0 heterocycles. The molecule has 0 aliphatic heterocycles. The quantitative estimate of drug-likeness (QED) is 0.307. The third-order valence-corrected chi connectivity index (χ3v) is 3.64. The lowest BCUT2D eigenvalue weighted by Crippen LogP contribution is -2.12. The Morgan fingerprint density at radius 2 is 1.26 bits per heavy atom. The summed E-state index contributed by atoms with van der Waals surface area (Å²) in [5.41, 5.74) is 0. The average molecular weight is 328 g/mol. The fourth-order valence-electron chi connectivity index (χ4n) is 2.37. The minimum absolute atomic E-state index is 0.0962. The summed E-state index contributed by atoms with van der Waals surface area (Å²) in [6.07, 6.45) is 12.2. The summed E-state index contributed by atoms with van der Waals surface area (Å²) < 4.78 is 10.2. The van der Waals surface area contributed by atoms with Gasteiger partial charge in [0.15, 0.2) is 0 Å². The zero-order valence-corrected chi connectivity index (χ0v) is 15.4. The number of unbranched alkanes of at least 4 members (excludes halogenated alkanes) is 8. The maximum Gasteiger partial charge on any atom is 0.306 e. The van der Waals surface area contributed by atoms with Crippen molar-refractivity contribution in [3.63, 3.8) is 0 Å². The van der Waals surface area contributed by atoms with E-state index >= 15 is 0 Å². The van der Waals surface area contributed by atoms with Gasteiger partial charge in [-0.3, -0.25) is 9.59 Å². The maximum atomic E-state index is 11.5. The number of hydrogen-bond acceptors (Lipinski definition) is 4. The van der Waals surface area contributed by atoms with Crippen molar-refractivity contribution in [1.82, 2.24) is 0 Å². The summed E-state index contributed by atoms with van der Waals surface area (Å²) in [5, 5.41) is 0. The molecule has 0 radical (unpaired) electrons. The molecule has 0 atom stereocenters. The smallest absolute Gasteiger partial charge is 0.306 e. The van der Waals surface area contributed by atoms with Crippen molar-refractivity contribution < 1.29 is 19.1 Å². The SMILES string of the molecule is CCCCCCCCCCCOC(=O)CCCC(=O)OC(C)C. The van der Waals surface area contributed by atoms with E-state index in [-0.39, 0.29) is 24.5 Å². The van der Waals surface area contributed by atoms with E-state index in [0.717, 1.165) is 12.8 Å². The highest BCUT2D eigenvalue weighted by Gasteiger charge is 2.08. The highest BCUT2D eigenvalue weighted by atomic mass is 16.5. The van der Waals surface area contributed by atoms with Gasteiger partial charge in [0.05, 0.1) is 12.7 Å². The maximum absolute atomic E-state index is 11.5. The third kappa shape index (κ3) is 17.1. The predicted molar refractivity (Wildman–Crippen MR) is 93.3 cm³/mol. The van der Waals surface area contributed by atoms with Gasteiger partial charge in [0.1, 0.15) is 0 Å². The molecule has 0 aromatic carbocycles. The summed E-state index contributed by atoms with van der Waals surface area (Å²) in [5.74, 6) is -0.450. The Morgan fingerprint density at radius 3 is 1.83 bits per heavy atom. The molecule has 0 fully saturated rings. The summed E-state index contributed by atoms with van der Waals surface area (Å²) in [6.45, 7) is 6.37. The number of rotatable bonds is 15. The minimum atomic E-state index is -0.244. The van der Waals surface area contributed by atoms with Crippen molar-refractivity contribution in [3.05, 3.63) is 0 Å². The van der Waals surface area contributed by atoms with Gasteiger partial charge in [-0.15, -0.1) is 0 Å². The second-order valence-electron chi connectivity index (χ2n) is 6.44. The lowest BCUT2D eigenvalue weighted by atomic mass is 10.1. The van der Waals surface area contributed by atoms with Crippen molar-refractivity contribution in [2.24, 2.45) is 0 Å². The molecule has 0 aliphatic carbocycles. The van der Waals surface area contributed by atoms with Crippen LogP contribution in [0.2, 0.25) is 0 Å². The lowest BCUT2D eigenvalue weighted by Gasteiger charge is -2.07. The van der Waals surface area contributed by atoms with E-state index in [1.807, 2.05) is 13.8 Å². The molecule has 0 amide bonds. The van der Waals surface area contributed by atoms with Crippen LogP contribution in [0.3, 0.4) is 0 Å². The highest BCUT2D eigenvalue weighted by molar-refractivity contribution is 5.72. The van der Waals surface area contributed by atoms with Crippen molar-refractivity contribution >= 4 is 11.9 Å². The van der Waals surface area contributed by atoms with Crippen molar-refractivity contribution in [2.75, 3.05) is 6.61 Å². The van der Waals surface area contributed by atoms with Gasteiger partial charge >= 0.3 is 11.9 Å². The Labute approximate surface area is 142 Å². The number of ether oxygens (including phenoxy) is 2. The Morgan fingerprint density at radius 1 is 0.739 bits per heavy atom. The molecule has 0 unspecified atom stereocenters. The molecule has 0 aromatic rings. The summed E-state index contributed by atoms with van der Waals surface area (Å²) in [6, 6.07) is 0. The zero-order valence-electron chi connectivity index (χ0n) is 15.4. The first-order valence-electron chi connectivity index (χ1n) is 9.41. The molecule has 0 spiro atoms. The van der Waals surface area contributed by atoms with Gasteiger partial charge in [-0.2, -0.15) is 0 Å². The Bertz CT molecular complexity index is 300. The second kappa shape index (κ2) is 15.8.